The van der Waals surface area contributed by atoms with Gasteiger partial charge in [0.25, 0.3) is 0 Å². The van der Waals surface area contributed by atoms with Gasteiger partial charge in [-0.05, 0) is 35.7 Å². The first-order chi connectivity index (χ1) is 9.92. The van der Waals surface area contributed by atoms with Gasteiger partial charge >= 0.3 is 0 Å². The quantitative estimate of drug-likeness (QED) is 0.833. The van der Waals surface area contributed by atoms with E-state index in [1.165, 1.54) is 17.7 Å². The lowest BCUT2D eigenvalue weighted by Crippen LogP contribution is -2.23. The van der Waals surface area contributed by atoms with Crippen molar-refractivity contribution in [3.05, 3.63) is 59.4 Å². The summed E-state index contributed by atoms with van der Waals surface area (Å²) in [5, 5.41) is 0. The number of sulfonamides is 1. The van der Waals surface area contributed by atoms with Crippen LogP contribution in [0.15, 0.2) is 47.4 Å². The highest BCUT2D eigenvalue weighted by Gasteiger charge is 2.15. The van der Waals surface area contributed by atoms with Crippen molar-refractivity contribution in [1.82, 2.24) is 4.72 Å². The maximum atomic E-state index is 13.3. The molecular weight excluding hydrogens is 291 g/mol. The van der Waals surface area contributed by atoms with E-state index in [4.69, 9.17) is 5.73 Å². The van der Waals surface area contributed by atoms with E-state index in [0.29, 0.717) is 0 Å². The minimum Gasteiger partial charge on any atom is -0.396 e. The minimum atomic E-state index is -3.76. The average molecular weight is 308 g/mol. The summed E-state index contributed by atoms with van der Waals surface area (Å²) in [6, 6.07) is 11.1. The topological polar surface area (TPSA) is 72.2 Å². The fourth-order valence-electron chi connectivity index (χ4n) is 1.83. The summed E-state index contributed by atoms with van der Waals surface area (Å²) in [7, 11) is -3.76. The smallest absolute Gasteiger partial charge is 0.240 e. The molecule has 0 aliphatic rings. The van der Waals surface area contributed by atoms with E-state index in [0.717, 1.165) is 18.1 Å². The van der Waals surface area contributed by atoms with Crippen LogP contribution in [0.25, 0.3) is 0 Å². The Morgan fingerprint density at radius 3 is 2.29 bits per heavy atom. The average Bonchev–Trinajstić information content (AvgIpc) is 2.48. The van der Waals surface area contributed by atoms with E-state index < -0.39 is 15.8 Å². The molecule has 2 aromatic rings. The molecule has 0 saturated carbocycles. The molecule has 0 bridgehead atoms. The van der Waals surface area contributed by atoms with Crippen LogP contribution in [0.2, 0.25) is 0 Å². The third-order valence-corrected chi connectivity index (χ3v) is 4.58. The second kappa shape index (κ2) is 6.24. The van der Waals surface area contributed by atoms with Crippen LogP contribution in [-0.2, 0) is 23.0 Å². The van der Waals surface area contributed by atoms with Crippen molar-refractivity contribution in [2.75, 3.05) is 5.73 Å². The van der Waals surface area contributed by atoms with Gasteiger partial charge in [-0.3, -0.25) is 0 Å². The van der Waals surface area contributed by atoms with Gasteiger partial charge in [0.2, 0.25) is 10.0 Å². The van der Waals surface area contributed by atoms with Crippen molar-refractivity contribution >= 4 is 15.7 Å². The lowest BCUT2D eigenvalue weighted by atomic mass is 10.1. The number of nitrogen functional groups attached to an aromatic ring is 1. The summed E-state index contributed by atoms with van der Waals surface area (Å²) in [6.07, 6.45) is 0.927. The minimum absolute atomic E-state index is 0.0795. The Morgan fingerprint density at radius 2 is 1.71 bits per heavy atom. The highest BCUT2D eigenvalue weighted by Crippen LogP contribution is 2.16. The van der Waals surface area contributed by atoms with Crippen molar-refractivity contribution in [2.45, 2.75) is 24.8 Å². The largest absolute Gasteiger partial charge is 0.396 e. The van der Waals surface area contributed by atoms with E-state index in [1.807, 2.05) is 31.2 Å². The monoisotopic (exact) mass is 308 g/mol. The number of benzene rings is 2. The maximum Gasteiger partial charge on any atom is 0.240 e. The van der Waals surface area contributed by atoms with Crippen molar-refractivity contribution in [1.29, 1.82) is 0 Å². The summed E-state index contributed by atoms with van der Waals surface area (Å²) >= 11 is 0. The summed E-state index contributed by atoms with van der Waals surface area (Å²) < 4.78 is 39.9. The standard InChI is InChI=1S/C15H17FN2O2S/c1-2-11-3-5-12(6-4-11)10-18-21(19,20)13-7-8-15(17)14(16)9-13/h3-9,18H,2,10,17H2,1H3. The third kappa shape index (κ3) is 3.80. The van der Waals surface area contributed by atoms with E-state index in [-0.39, 0.29) is 17.1 Å². The van der Waals surface area contributed by atoms with Gasteiger partial charge in [-0.1, -0.05) is 31.2 Å². The summed E-state index contributed by atoms with van der Waals surface area (Å²) in [5.41, 5.74) is 7.28. The van der Waals surface area contributed by atoms with Crippen LogP contribution < -0.4 is 10.5 Å². The van der Waals surface area contributed by atoms with Gasteiger partial charge in [0.1, 0.15) is 5.82 Å². The van der Waals surface area contributed by atoms with Crippen molar-refractivity contribution in [3.8, 4) is 0 Å². The third-order valence-electron chi connectivity index (χ3n) is 3.18. The van der Waals surface area contributed by atoms with Crippen molar-refractivity contribution in [3.63, 3.8) is 0 Å². The van der Waals surface area contributed by atoms with E-state index >= 15 is 0 Å². The van der Waals surface area contributed by atoms with Gasteiger partial charge < -0.3 is 5.73 Å². The molecule has 0 aliphatic heterocycles. The molecule has 0 saturated heterocycles. The predicted molar refractivity (Wildman–Crippen MR) is 80.7 cm³/mol. The van der Waals surface area contributed by atoms with Crippen LogP contribution in [0.4, 0.5) is 10.1 Å². The fourth-order valence-corrected chi connectivity index (χ4v) is 2.86. The molecule has 0 aliphatic carbocycles. The molecule has 4 nitrogen and oxygen atoms in total. The Kier molecular flexibility index (Phi) is 4.59. The highest BCUT2D eigenvalue weighted by molar-refractivity contribution is 7.89. The SMILES string of the molecule is CCc1ccc(CNS(=O)(=O)c2ccc(N)c(F)c2)cc1. The summed E-state index contributed by atoms with van der Waals surface area (Å²) in [4.78, 5) is -0.139. The van der Waals surface area contributed by atoms with Gasteiger partial charge in [-0.2, -0.15) is 0 Å². The maximum absolute atomic E-state index is 13.3. The Bertz CT molecular complexity index is 728. The Morgan fingerprint density at radius 1 is 1.10 bits per heavy atom. The number of rotatable bonds is 5. The van der Waals surface area contributed by atoms with Crippen molar-refractivity contribution < 1.29 is 12.8 Å². The lowest BCUT2D eigenvalue weighted by molar-refractivity contribution is 0.578. The molecular formula is C15H17FN2O2S. The Hall–Kier alpha value is -1.92. The zero-order chi connectivity index (χ0) is 15.5. The van der Waals surface area contributed by atoms with E-state index in [9.17, 15) is 12.8 Å². The molecule has 0 aromatic heterocycles. The van der Waals surface area contributed by atoms with E-state index in [2.05, 4.69) is 4.72 Å². The Balaban J connectivity index is 2.11. The van der Waals surface area contributed by atoms with Gasteiger partial charge in [-0.15, -0.1) is 0 Å². The van der Waals surface area contributed by atoms with Gasteiger partial charge in [0.05, 0.1) is 10.6 Å². The predicted octanol–water partition coefficient (Wildman–Crippen LogP) is 2.45. The Labute approximate surface area is 123 Å². The molecule has 112 valence electrons. The number of aryl methyl sites for hydroxylation is 1. The second-order valence-electron chi connectivity index (χ2n) is 4.68. The van der Waals surface area contributed by atoms with Crippen LogP contribution in [-0.4, -0.2) is 8.42 Å². The fraction of sp³-hybridized carbons (Fsp3) is 0.200. The lowest BCUT2D eigenvalue weighted by Gasteiger charge is -2.08. The molecule has 0 spiro atoms. The molecule has 0 radical (unpaired) electrons. The molecule has 0 unspecified atom stereocenters. The number of hydrogen-bond acceptors (Lipinski definition) is 3. The summed E-state index contributed by atoms with van der Waals surface area (Å²) in [6.45, 7) is 2.20. The first-order valence-electron chi connectivity index (χ1n) is 6.55. The number of anilines is 1. The number of hydrogen-bond donors (Lipinski definition) is 2. The zero-order valence-corrected chi connectivity index (χ0v) is 12.5. The van der Waals surface area contributed by atoms with E-state index in [1.54, 1.807) is 0 Å². The van der Waals surface area contributed by atoms with Gasteiger partial charge in [-0.25, -0.2) is 17.5 Å². The van der Waals surface area contributed by atoms with Gasteiger partial charge in [0, 0.05) is 6.54 Å². The molecule has 2 rings (SSSR count). The molecule has 2 aromatic carbocycles. The molecule has 3 N–H and O–H groups in total. The van der Waals surface area contributed by atoms with Gasteiger partial charge in [0.15, 0.2) is 0 Å². The first kappa shape index (κ1) is 15.5. The molecule has 0 fully saturated rings. The van der Waals surface area contributed by atoms with Crippen LogP contribution in [0.1, 0.15) is 18.1 Å². The highest BCUT2D eigenvalue weighted by atomic mass is 32.2. The molecule has 0 amide bonds. The molecule has 0 atom stereocenters. The van der Waals surface area contributed by atoms with Crippen LogP contribution in [0.5, 0.6) is 0 Å². The molecule has 21 heavy (non-hydrogen) atoms. The van der Waals surface area contributed by atoms with Crippen LogP contribution >= 0.6 is 0 Å². The number of halogens is 1. The first-order valence-corrected chi connectivity index (χ1v) is 8.03. The van der Waals surface area contributed by atoms with Crippen LogP contribution in [0, 0.1) is 5.82 Å². The molecule has 6 heteroatoms. The second-order valence-corrected chi connectivity index (χ2v) is 6.44. The number of nitrogens with one attached hydrogen (secondary N) is 1. The summed E-state index contributed by atoms with van der Waals surface area (Å²) in [5.74, 6) is -0.745. The normalized spacial score (nSPS) is 11.5. The van der Waals surface area contributed by atoms with Crippen LogP contribution in [0.3, 0.4) is 0 Å². The zero-order valence-electron chi connectivity index (χ0n) is 11.6. The molecule has 0 heterocycles. The van der Waals surface area contributed by atoms with Crippen molar-refractivity contribution in [2.24, 2.45) is 0 Å². The number of nitrogens with two attached hydrogens (primary N) is 1.